The number of rotatable bonds is 6. The van der Waals surface area contributed by atoms with E-state index >= 15 is 0 Å². The minimum atomic E-state index is -0.191. The Morgan fingerprint density at radius 1 is 1.19 bits per heavy atom. The van der Waals surface area contributed by atoms with Crippen LogP contribution < -0.4 is 10.6 Å². The number of carbonyl (C=O) groups excluding carboxylic acids is 1. The minimum absolute atomic E-state index is 0.191. The van der Waals surface area contributed by atoms with Gasteiger partial charge in [0.15, 0.2) is 0 Å². The molecular formula is C16H18ClN3O. The predicted molar refractivity (Wildman–Crippen MR) is 87.0 cm³/mol. The van der Waals surface area contributed by atoms with Crippen LogP contribution in [0.5, 0.6) is 0 Å². The molecule has 0 saturated carbocycles. The van der Waals surface area contributed by atoms with Crippen LogP contribution in [-0.2, 0) is 0 Å². The fourth-order valence-electron chi connectivity index (χ4n) is 1.81. The maximum atomic E-state index is 12.2. The Morgan fingerprint density at radius 3 is 2.67 bits per heavy atom. The summed E-state index contributed by atoms with van der Waals surface area (Å²) in [6, 6.07) is 8.79. The summed E-state index contributed by atoms with van der Waals surface area (Å²) in [7, 11) is 0. The lowest BCUT2D eigenvalue weighted by molar-refractivity contribution is 0.102. The van der Waals surface area contributed by atoms with E-state index < -0.39 is 0 Å². The van der Waals surface area contributed by atoms with E-state index in [4.69, 9.17) is 11.6 Å². The van der Waals surface area contributed by atoms with Gasteiger partial charge >= 0.3 is 0 Å². The summed E-state index contributed by atoms with van der Waals surface area (Å²) in [6.45, 7) is 3.01. The summed E-state index contributed by atoms with van der Waals surface area (Å²) in [6.07, 6.45) is 5.48. The highest BCUT2D eigenvalue weighted by Crippen LogP contribution is 2.15. The lowest BCUT2D eigenvalue weighted by Gasteiger charge is -2.08. The Bertz CT molecular complexity index is 599. The van der Waals surface area contributed by atoms with E-state index in [1.165, 1.54) is 0 Å². The van der Waals surface area contributed by atoms with Crippen LogP contribution in [0.4, 0.5) is 11.4 Å². The number of carbonyl (C=O) groups is 1. The average molecular weight is 304 g/mol. The second-order valence-corrected chi connectivity index (χ2v) is 5.14. The molecule has 1 amide bonds. The number of hydrogen-bond acceptors (Lipinski definition) is 3. The van der Waals surface area contributed by atoms with Gasteiger partial charge in [-0.1, -0.05) is 24.9 Å². The third kappa shape index (κ3) is 4.76. The van der Waals surface area contributed by atoms with Crippen LogP contribution in [0.3, 0.4) is 0 Å². The zero-order valence-corrected chi connectivity index (χ0v) is 12.7. The molecule has 0 bridgehead atoms. The topological polar surface area (TPSA) is 54.0 Å². The van der Waals surface area contributed by atoms with E-state index in [2.05, 4.69) is 22.5 Å². The minimum Gasteiger partial charge on any atom is -0.384 e. The molecule has 110 valence electrons. The SMILES string of the molecule is CCCCNc1cncc(C(=O)Nc2ccc(Cl)cc2)c1. The number of anilines is 2. The zero-order valence-electron chi connectivity index (χ0n) is 11.9. The molecule has 0 unspecified atom stereocenters. The lowest BCUT2D eigenvalue weighted by Crippen LogP contribution is -2.13. The van der Waals surface area contributed by atoms with Crippen molar-refractivity contribution >= 4 is 28.9 Å². The number of unbranched alkanes of at least 4 members (excludes halogenated alkanes) is 1. The van der Waals surface area contributed by atoms with Gasteiger partial charge in [-0.3, -0.25) is 9.78 Å². The molecule has 0 saturated heterocycles. The molecule has 2 rings (SSSR count). The van der Waals surface area contributed by atoms with E-state index in [0.717, 1.165) is 25.1 Å². The summed E-state index contributed by atoms with van der Waals surface area (Å²) in [5.74, 6) is -0.191. The van der Waals surface area contributed by atoms with Gasteiger partial charge in [0.05, 0.1) is 11.3 Å². The van der Waals surface area contributed by atoms with Crippen molar-refractivity contribution in [3.05, 3.63) is 53.3 Å². The number of nitrogens with one attached hydrogen (secondary N) is 2. The first-order valence-corrected chi connectivity index (χ1v) is 7.32. The number of pyridine rings is 1. The summed E-state index contributed by atoms with van der Waals surface area (Å²) in [5, 5.41) is 6.70. The first-order chi connectivity index (χ1) is 10.2. The summed E-state index contributed by atoms with van der Waals surface area (Å²) in [5.41, 5.74) is 2.08. The molecule has 1 aromatic carbocycles. The summed E-state index contributed by atoms with van der Waals surface area (Å²) < 4.78 is 0. The molecule has 5 heteroatoms. The molecule has 0 spiro atoms. The largest absolute Gasteiger partial charge is 0.384 e. The number of nitrogens with zero attached hydrogens (tertiary/aromatic N) is 1. The van der Waals surface area contributed by atoms with Crippen LogP contribution in [-0.4, -0.2) is 17.4 Å². The highest BCUT2D eigenvalue weighted by atomic mass is 35.5. The summed E-state index contributed by atoms with van der Waals surface area (Å²) in [4.78, 5) is 16.3. The highest BCUT2D eigenvalue weighted by molar-refractivity contribution is 6.30. The van der Waals surface area contributed by atoms with E-state index in [-0.39, 0.29) is 5.91 Å². The maximum absolute atomic E-state index is 12.2. The Hall–Kier alpha value is -2.07. The van der Waals surface area contributed by atoms with E-state index in [1.54, 1.807) is 42.7 Å². The van der Waals surface area contributed by atoms with Crippen LogP contribution in [0.25, 0.3) is 0 Å². The Morgan fingerprint density at radius 2 is 1.95 bits per heavy atom. The Balaban J connectivity index is 2.01. The molecule has 0 aliphatic carbocycles. The van der Waals surface area contributed by atoms with Crippen LogP contribution in [0, 0.1) is 0 Å². The average Bonchev–Trinajstić information content (AvgIpc) is 2.50. The van der Waals surface area contributed by atoms with Crippen molar-refractivity contribution in [1.29, 1.82) is 0 Å². The standard InChI is InChI=1S/C16H18ClN3O/c1-2-3-8-19-15-9-12(10-18-11-15)16(21)20-14-6-4-13(17)5-7-14/h4-7,9-11,19H,2-3,8H2,1H3,(H,20,21). The second kappa shape index (κ2) is 7.64. The smallest absolute Gasteiger partial charge is 0.257 e. The van der Waals surface area contributed by atoms with Crippen LogP contribution in [0.2, 0.25) is 5.02 Å². The van der Waals surface area contributed by atoms with Crippen LogP contribution in [0.15, 0.2) is 42.7 Å². The molecule has 2 aromatic rings. The molecule has 0 radical (unpaired) electrons. The number of benzene rings is 1. The van der Waals surface area contributed by atoms with E-state index in [9.17, 15) is 4.79 Å². The predicted octanol–water partition coefficient (Wildman–Crippen LogP) is 4.20. The van der Waals surface area contributed by atoms with Gasteiger partial charge in [-0.2, -0.15) is 0 Å². The van der Waals surface area contributed by atoms with Crippen molar-refractivity contribution in [3.63, 3.8) is 0 Å². The molecular weight excluding hydrogens is 286 g/mol. The fourth-order valence-corrected chi connectivity index (χ4v) is 1.93. The van der Waals surface area contributed by atoms with Crippen molar-refractivity contribution in [2.45, 2.75) is 19.8 Å². The van der Waals surface area contributed by atoms with Gasteiger partial charge in [-0.25, -0.2) is 0 Å². The zero-order chi connectivity index (χ0) is 15.1. The second-order valence-electron chi connectivity index (χ2n) is 4.70. The highest BCUT2D eigenvalue weighted by Gasteiger charge is 2.07. The molecule has 0 fully saturated rings. The monoisotopic (exact) mass is 303 g/mol. The van der Waals surface area contributed by atoms with Crippen molar-refractivity contribution in [1.82, 2.24) is 4.98 Å². The molecule has 1 aromatic heterocycles. The van der Waals surface area contributed by atoms with Crippen molar-refractivity contribution in [2.24, 2.45) is 0 Å². The van der Waals surface area contributed by atoms with Gasteiger partial charge in [0.1, 0.15) is 0 Å². The molecule has 0 aliphatic rings. The molecule has 2 N–H and O–H groups in total. The number of aromatic nitrogens is 1. The number of halogens is 1. The number of hydrogen-bond donors (Lipinski definition) is 2. The van der Waals surface area contributed by atoms with Gasteiger partial charge in [0.2, 0.25) is 0 Å². The van der Waals surface area contributed by atoms with Crippen LogP contribution >= 0.6 is 11.6 Å². The van der Waals surface area contributed by atoms with Crippen molar-refractivity contribution < 1.29 is 4.79 Å². The maximum Gasteiger partial charge on any atom is 0.257 e. The van der Waals surface area contributed by atoms with E-state index in [0.29, 0.717) is 16.3 Å². The quantitative estimate of drug-likeness (QED) is 0.786. The number of amides is 1. The third-order valence-electron chi connectivity index (χ3n) is 2.96. The van der Waals surface area contributed by atoms with Gasteiger partial charge < -0.3 is 10.6 Å². The summed E-state index contributed by atoms with van der Waals surface area (Å²) >= 11 is 5.82. The molecule has 21 heavy (non-hydrogen) atoms. The first kappa shape index (κ1) is 15.3. The van der Waals surface area contributed by atoms with Gasteiger partial charge in [-0.05, 0) is 36.8 Å². The van der Waals surface area contributed by atoms with Gasteiger partial charge in [-0.15, -0.1) is 0 Å². The van der Waals surface area contributed by atoms with Gasteiger partial charge in [0, 0.05) is 29.6 Å². The fraction of sp³-hybridized carbons (Fsp3) is 0.250. The lowest BCUT2D eigenvalue weighted by atomic mass is 10.2. The van der Waals surface area contributed by atoms with Crippen molar-refractivity contribution in [2.75, 3.05) is 17.2 Å². The third-order valence-corrected chi connectivity index (χ3v) is 3.21. The van der Waals surface area contributed by atoms with Crippen LogP contribution in [0.1, 0.15) is 30.1 Å². The molecule has 0 atom stereocenters. The van der Waals surface area contributed by atoms with Gasteiger partial charge in [0.25, 0.3) is 5.91 Å². The Kier molecular flexibility index (Phi) is 5.58. The Labute approximate surface area is 129 Å². The first-order valence-electron chi connectivity index (χ1n) is 6.95. The molecule has 1 heterocycles. The van der Waals surface area contributed by atoms with E-state index in [1.807, 2.05) is 0 Å². The molecule has 4 nitrogen and oxygen atoms in total. The normalized spacial score (nSPS) is 10.2. The molecule has 0 aliphatic heterocycles. The van der Waals surface area contributed by atoms with Crippen molar-refractivity contribution in [3.8, 4) is 0 Å².